The highest BCUT2D eigenvalue weighted by Gasteiger charge is 2.46. The van der Waals surface area contributed by atoms with Crippen molar-refractivity contribution in [1.82, 2.24) is 0 Å². The van der Waals surface area contributed by atoms with Crippen molar-refractivity contribution in [2.24, 2.45) is 0 Å². The average molecular weight is 148 g/mol. The first-order chi connectivity index (χ1) is 4.68. The third-order valence-corrected chi connectivity index (χ3v) is 1.62. The maximum Gasteiger partial charge on any atom is 0.294 e. The molecule has 10 heavy (non-hydrogen) atoms. The SMILES string of the molecule is FC1(F)C=C[C@@H]2OC[C@H]1O2. The van der Waals surface area contributed by atoms with Crippen molar-refractivity contribution in [3.63, 3.8) is 0 Å². The first-order valence-corrected chi connectivity index (χ1v) is 3.03. The number of rotatable bonds is 0. The molecule has 0 unspecified atom stereocenters. The number of alkyl halides is 2. The molecular formula is C6H6F2O2. The largest absolute Gasteiger partial charge is 0.346 e. The Balaban J connectivity index is 2.27. The fraction of sp³-hybridized carbons (Fsp3) is 0.667. The molecule has 0 saturated carbocycles. The fourth-order valence-electron chi connectivity index (χ4n) is 1.04. The van der Waals surface area contributed by atoms with Gasteiger partial charge in [-0.1, -0.05) is 0 Å². The Hall–Kier alpha value is -0.480. The van der Waals surface area contributed by atoms with Crippen LogP contribution in [0.2, 0.25) is 0 Å². The van der Waals surface area contributed by atoms with E-state index in [1.807, 2.05) is 0 Å². The van der Waals surface area contributed by atoms with E-state index in [2.05, 4.69) is 0 Å². The standard InChI is InChI=1S/C6H6F2O2/c7-6(8)2-1-5-9-3-4(6)10-5/h1-2,4-5H,3H2/t4-,5-/m1/s1. The summed E-state index contributed by atoms with van der Waals surface area (Å²) < 4.78 is 34.8. The molecule has 2 atom stereocenters. The minimum atomic E-state index is -2.84. The van der Waals surface area contributed by atoms with Crippen LogP contribution in [0, 0.1) is 0 Å². The van der Waals surface area contributed by atoms with Crippen molar-refractivity contribution in [1.29, 1.82) is 0 Å². The van der Waals surface area contributed by atoms with Crippen molar-refractivity contribution in [3.8, 4) is 0 Å². The monoisotopic (exact) mass is 148 g/mol. The van der Waals surface area contributed by atoms with E-state index in [4.69, 9.17) is 9.47 Å². The molecule has 1 fully saturated rings. The number of ether oxygens (including phenoxy) is 2. The molecule has 0 amide bonds. The quantitative estimate of drug-likeness (QED) is 0.476. The van der Waals surface area contributed by atoms with Crippen LogP contribution in [-0.2, 0) is 9.47 Å². The molecule has 0 aromatic heterocycles. The Labute approximate surface area is 56.4 Å². The van der Waals surface area contributed by atoms with Gasteiger partial charge in [0.2, 0.25) is 0 Å². The first-order valence-electron chi connectivity index (χ1n) is 3.03. The second-order valence-corrected chi connectivity index (χ2v) is 2.36. The van der Waals surface area contributed by atoms with Crippen molar-refractivity contribution in [2.45, 2.75) is 18.3 Å². The van der Waals surface area contributed by atoms with Gasteiger partial charge in [0.05, 0.1) is 6.61 Å². The molecule has 2 heterocycles. The number of fused-ring (bicyclic) bond motifs is 2. The minimum absolute atomic E-state index is 0.00926. The van der Waals surface area contributed by atoms with Gasteiger partial charge in [-0.15, -0.1) is 0 Å². The van der Waals surface area contributed by atoms with E-state index in [1.165, 1.54) is 6.08 Å². The van der Waals surface area contributed by atoms with Gasteiger partial charge in [-0.05, 0) is 12.2 Å². The summed E-state index contributed by atoms with van der Waals surface area (Å²) in [6.07, 6.45) is 0.481. The second-order valence-electron chi connectivity index (χ2n) is 2.36. The predicted molar refractivity (Wildman–Crippen MR) is 28.7 cm³/mol. The molecule has 2 aliphatic heterocycles. The zero-order valence-corrected chi connectivity index (χ0v) is 5.09. The van der Waals surface area contributed by atoms with Crippen LogP contribution in [0.4, 0.5) is 8.78 Å². The van der Waals surface area contributed by atoms with Crippen LogP contribution in [0.3, 0.4) is 0 Å². The molecule has 0 aliphatic carbocycles. The molecular weight excluding hydrogens is 142 g/mol. The lowest BCUT2D eigenvalue weighted by atomic mass is 10.1. The first kappa shape index (κ1) is 6.24. The van der Waals surface area contributed by atoms with E-state index in [-0.39, 0.29) is 6.61 Å². The van der Waals surface area contributed by atoms with Gasteiger partial charge in [0.25, 0.3) is 5.92 Å². The number of hydrogen-bond donors (Lipinski definition) is 0. The molecule has 2 nitrogen and oxygen atoms in total. The Morgan fingerprint density at radius 3 is 3.00 bits per heavy atom. The van der Waals surface area contributed by atoms with Gasteiger partial charge < -0.3 is 9.47 Å². The smallest absolute Gasteiger partial charge is 0.294 e. The summed E-state index contributed by atoms with van der Waals surface area (Å²) in [5, 5.41) is 0. The summed E-state index contributed by atoms with van der Waals surface area (Å²) in [5.74, 6) is -2.84. The highest BCUT2D eigenvalue weighted by molar-refractivity contribution is 5.07. The lowest BCUT2D eigenvalue weighted by molar-refractivity contribution is -0.113. The second kappa shape index (κ2) is 1.77. The summed E-state index contributed by atoms with van der Waals surface area (Å²) in [5.41, 5.74) is 0. The molecule has 0 N–H and O–H groups in total. The summed E-state index contributed by atoms with van der Waals surface area (Å²) in [4.78, 5) is 0. The molecule has 4 heteroatoms. The van der Waals surface area contributed by atoms with Crippen LogP contribution < -0.4 is 0 Å². The van der Waals surface area contributed by atoms with Crippen molar-refractivity contribution in [3.05, 3.63) is 12.2 Å². The van der Waals surface area contributed by atoms with Crippen LogP contribution in [-0.4, -0.2) is 24.9 Å². The van der Waals surface area contributed by atoms with Gasteiger partial charge in [-0.2, -0.15) is 8.78 Å². The van der Waals surface area contributed by atoms with Crippen LogP contribution in [0.25, 0.3) is 0 Å². The zero-order chi connectivity index (χ0) is 7.19. The van der Waals surface area contributed by atoms with Crippen LogP contribution in [0.1, 0.15) is 0 Å². The summed E-state index contributed by atoms with van der Waals surface area (Å²) >= 11 is 0. The predicted octanol–water partition coefficient (Wildman–Crippen LogP) is 0.933. The maximum absolute atomic E-state index is 12.6. The molecule has 2 rings (SSSR count). The molecule has 2 aliphatic rings. The third-order valence-electron chi connectivity index (χ3n) is 1.62. The molecule has 2 bridgehead atoms. The molecule has 0 radical (unpaired) electrons. The van der Waals surface area contributed by atoms with Crippen molar-refractivity contribution in [2.75, 3.05) is 6.61 Å². The van der Waals surface area contributed by atoms with Crippen molar-refractivity contribution < 1.29 is 18.3 Å². The molecule has 0 spiro atoms. The zero-order valence-electron chi connectivity index (χ0n) is 5.09. The van der Waals surface area contributed by atoms with Gasteiger partial charge in [0.1, 0.15) is 0 Å². The Kier molecular flexibility index (Phi) is 1.10. The van der Waals surface area contributed by atoms with Crippen LogP contribution in [0.15, 0.2) is 12.2 Å². The van der Waals surface area contributed by atoms with Gasteiger partial charge >= 0.3 is 0 Å². The Morgan fingerprint density at radius 2 is 2.30 bits per heavy atom. The Bertz CT molecular complexity index is 179. The highest BCUT2D eigenvalue weighted by atomic mass is 19.3. The third kappa shape index (κ3) is 0.759. The van der Waals surface area contributed by atoms with Crippen molar-refractivity contribution >= 4 is 0 Å². The molecule has 1 saturated heterocycles. The van der Waals surface area contributed by atoms with Crippen LogP contribution >= 0.6 is 0 Å². The minimum Gasteiger partial charge on any atom is -0.346 e. The van der Waals surface area contributed by atoms with Gasteiger partial charge in [0, 0.05) is 0 Å². The van der Waals surface area contributed by atoms with Crippen LogP contribution in [0.5, 0.6) is 0 Å². The van der Waals surface area contributed by atoms with E-state index < -0.39 is 18.3 Å². The lowest BCUT2D eigenvalue weighted by Crippen LogP contribution is -2.35. The van der Waals surface area contributed by atoms with E-state index in [0.29, 0.717) is 0 Å². The summed E-state index contributed by atoms with van der Waals surface area (Å²) in [6, 6.07) is 0. The average Bonchev–Trinajstić information content (AvgIpc) is 2.26. The molecule has 56 valence electrons. The highest BCUT2D eigenvalue weighted by Crippen LogP contribution is 2.33. The number of halogens is 2. The van der Waals surface area contributed by atoms with E-state index in [0.717, 1.165) is 6.08 Å². The van der Waals surface area contributed by atoms with E-state index >= 15 is 0 Å². The number of hydrogen-bond acceptors (Lipinski definition) is 2. The maximum atomic E-state index is 12.6. The Morgan fingerprint density at radius 1 is 1.50 bits per heavy atom. The normalized spacial score (nSPS) is 42.2. The van der Waals surface area contributed by atoms with Gasteiger partial charge in [-0.25, -0.2) is 0 Å². The summed E-state index contributed by atoms with van der Waals surface area (Å²) in [7, 11) is 0. The van der Waals surface area contributed by atoms with Gasteiger partial charge in [0.15, 0.2) is 12.4 Å². The molecule has 0 aromatic rings. The van der Waals surface area contributed by atoms with Gasteiger partial charge in [-0.3, -0.25) is 0 Å². The van der Waals surface area contributed by atoms with E-state index in [9.17, 15) is 8.78 Å². The molecule has 0 aromatic carbocycles. The lowest BCUT2D eigenvalue weighted by Gasteiger charge is -2.21. The van der Waals surface area contributed by atoms with E-state index in [1.54, 1.807) is 0 Å². The topological polar surface area (TPSA) is 18.5 Å². The fourth-order valence-corrected chi connectivity index (χ4v) is 1.04. The summed E-state index contributed by atoms with van der Waals surface area (Å²) in [6.45, 7) is -0.00926.